The van der Waals surface area contributed by atoms with Crippen molar-refractivity contribution < 1.29 is 5.11 Å². The Balaban J connectivity index is 2.01. The first-order valence-electron chi connectivity index (χ1n) is 6.60. The molecule has 1 aromatic rings. The monoisotopic (exact) mass is 242 g/mol. The van der Waals surface area contributed by atoms with Crippen molar-refractivity contribution >= 4 is 0 Å². The van der Waals surface area contributed by atoms with Crippen molar-refractivity contribution in [2.24, 2.45) is 0 Å². The summed E-state index contributed by atoms with van der Waals surface area (Å²) in [6.45, 7) is 1.97. The minimum atomic E-state index is -0.824. The van der Waals surface area contributed by atoms with E-state index in [1.807, 2.05) is 25.1 Å². The summed E-state index contributed by atoms with van der Waals surface area (Å²) in [7, 11) is 0. The van der Waals surface area contributed by atoms with Crippen LogP contribution in [0.4, 0.5) is 0 Å². The molecule has 18 heavy (non-hydrogen) atoms. The lowest BCUT2D eigenvalue weighted by atomic mass is 9.79. The van der Waals surface area contributed by atoms with Gasteiger partial charge in [-0.25, -0.2) is 0 Å². The predicted octanol–water partition coefficient (Wildman–Crippen LogP) is 1.97. The molecule has 0 amide bonds. The van der Waals surface area contributed by atoms with E-state index >= 15 is 0 Å². The van der Waals surface area contributed by atoms with E-state index in [2.05, 4.69) is 11.4 Å². The first-order valence-corrected chi connectivity index (χ1v) is 6.60. The normalized spacial score (nSPS) is 34.3. The van der Waals surface area contributed by atoms with Crippen molar-refractivity contribution in [3.8, 4) is 6.07 Å². The maximum absolute atomic E-state index is 10.9. The number of nitrogens with one attached hydrogen (secondary N) is 1. The fourth-order valence-corrected chi connectivity index (χ4v) is 3.50. The maximum atomic E-state index is 10.9. The van der Waals surface area contributed by atoms with Crippen LogP contribution in [0.25, 0.3) is 0 Å². The zero-order valence-corrected chi connectivity index (χ0v) is 10.6. The zero-order chi connectivity index (χ0) is 12.8. The van der Waals surface area contributed by atoms with Gasteiger partial charge in [-0.05, 0) is 44.2 Å². The molecule has 2 bridgehead atoms. The number of nitriles is 1. The Kier molecular flexibility index (Phi) is 2.65. The highest BCUT2D eigenvalue weighted by atomic mass is 16.3. The first kappa shape index (κ1) is 11.7. The van der Waals surface area contributed by atoms with Crippen LogP contribution in [-0.4, -0.2) is 17.2 Å². The van der Waals surface area contributed by atoms with Gasteiger partial charge in [-0.15, -0.1) is 0 Å². The molecule has 0 saturated carbocycles. The van der Waals surface area contributed by atoms with Gasteiger partial charge in [0, 0.05) is 17.6 Å². The van der Waals surface area contributed by atoms with E-state index in [1.54, 1.807) is 0 Å². The fraction of sp³-hybridized carbons (Fsp3) is 0.533. The number of hydrogen-bond acceptors (Lipinski definition) is 3. The van der Waals surface area contributed by atoms with Crippen LogP contribution in [0.15, 0.2) is 18.2 Å². The number of hydrogen-bond donors (Lipinski definition) is 2. The summed E-state index contributed by atoms with van der Waals surface area (Å²) < 4.78 is 0. The van der Waals surface area contributed by atoms with Gasteiger partial charge in [-0.3, -0.25) is 0 Å². The summed E-state index contributed by atoms with van der Waals surface area (Å²) in [4.78, 5) is 0. The van der Waals surface area contributed by atoms with Gasteiger partial charge in [-0.2, -0.15) is 5.26 Å². The number of piperidine rings is 1. The molecule has 2 aliphatic heterocycles. The maximum Gasteiger partial charge on any atom is 0.0995 e. The van der Waals surface area contributed by atoms with Crippen LogP contribution < -0.4 is 5.32 Å². The van der Waals surface area contributed by atoms with Crippen LogP contribution in [-0.2, 0) is 5.60 Å². The molecule has 2 N–H and O–H groups in total. The molecule has 3 heteroatoms. The highest BCUT2D eigenvalue weighted by molar-refractivity contribution is 5.44. The quantitative estimate of drug-likeness (QED) is 0.791. The largest absolute Gasteiger partial charge is 0.385 e. The van der Waals surface area contributed by atoms with E-state index in [0.29, 0.717) is 17.6 Å². The number of fused-ring (bicyclic) bond motifs is 2. The van der Waals surface area contributed by atoms with E-state index in [4.69, 9.17) is 0 Å². The summed E-state index contributed by atoms with van der Waals surface area (Å²) in [5.41, 5.74) is 1.68. The van der Waals surface area contributed by atoms with E-state index in [-0.39, 0.29) is 0 Å². The average Bonchev–Trinajstić information content (AvgIpc) is 2.68. The molecule has 0 radical (unpaired) electrons. The smallest absolute Gasteiger partial charge is 0.0995 e. The SMILES string of the molecule is Cc1ccc(C2(O)CC3CCC(C2)N3)c(C#N)c1. The van der Waals surface area contributed by atoms with Crippen molar-refractivity contribution in [1.82, 2.24) is 5.32 Å². The zero-order valence-electron chi connectivity index (χ0n) is 10.6. The molecule has 1 aromatic carbocycles. The number of aryl methyl sites for hydroxylation is 1. The molecule has 3 rings (SSSR count). The third-order valence-electron chi connectivity index (χ3n) is 4.30. The molecule has 94 valence electrons. The van der Waals surface area contributed by atoms with Crippen molar-refractivity contribution in [2.45, 2.75) is 50.3 Å². The predicted molar refractivity (Wildman–Crippen MR) is 69.0 cm³/mol. The van der Waals surface area contributed by atoms with Crippen LogP contribution in [0.3, 0.4) is 0 Å². The van der Waals surface area contributed by atoms with Gasteiger partial charge in [0.15, 0.2) is 0 Å². The van der Waals surface area contributed by atoms with Crippen LogP contribution in [0.5, 0.6) is 0 Å². The van der Waals surface area contributed by atoms with Gasteiger partial charge in [0.2, 0.25) is 0 Å². The highest BCUT2D eigenvalue weighted by Gasteiger charge is 2.44. The van der Waals surface area contributed by atoms with Crippen LogP contribution in [0, 0.1) is 18.3 Å². The van der Waals surface area contributed by atoms with Gasteiger partial charge in [0.25, 0.3) is 0 Å². The minimum absolute atomic E-state index is 0.404. The Morgan fingerprint density at radius 3 is 2.61 bits per heavy atom. The van der Waals surface area contributed by atoms with E-state index in [0.717, 1.165) is 36.8 Å². The molecule has 2 saturated heterocycles. The van der Waals surface area contributed by atoms with Gasteiger partial charge in [-0.1, -0.05) is 12.1 Å². The molecular weight excluding hydrogens is 224 g/mol. The topological polar surface area (TPSA) is 56.0 Å². The lowest BCUT2D eigenvalue weighted by Gasteiger charge is -2.38. The summed E-state index contributed by atoms with van der Waals surface area (Å²) in [6.07, 6.45) is 3.73. The molecule has 2 atom stereocenters. The van der Waals surface area contributed by atoms with Gasteiger partial charge in [0.1, 0.15) is 0 Å². The lowest BCUT2D eigenvalue weighted by Crippen LogP contribution is -2.47. The standard InChI is InChI=1S/C15H18N2O/c1-10-2-5-14(11(6-10)9-16)15(18)7-12-3-4-13(8-15)17-12/h2,5-6,12-13,17-18H,3-4,7-8H2,1H3. The molecular formula is C15H18N2O. The Morgan fingerprint density at radius 2 is 2.00 bits per heavy atom. The van der Waals surface area contributed by atoms with Crippen LogP contribution in [0.2, 0.25) is 0 Å². The molecule has 2 heterocycles. The van der Waals surface area contributed by atoms with Crippen molar-refractivity contribution in [2.75, 3.05) is 0 Å². The fourth-order valence-electron chi connectivity index (χ4n) is 3.50. The van der Waals surface area contributed by atoms with E-state index < -0.39 is 5.60 Å². The number of rotatable bonds is 1. The third-order valence-corrected chi connectivity index (χ3v) is 4.30. The summed E-state index contributed by atoms with van der Waals surface area (Å²) in [5.74, 6) is 0. The Hall–Kier alpha value is -1.37. The van der Waals surface area contributed by atoms with Gasteiger partial charge in [0.05, 0.1) is 17.2 Å². The average molecular weight is 242 g/mol. The van der Waals surface area contributed by atoms with Gasteiger partial charge >= 0.3 is 0 Å². The molecule has 2 fully saturated rings. The first-order chi connectivity index (χ1) is 8.60. The second-order valence-electron chi connectivity index (χ2n) is 5.74. The Labute approximate surface area is 107 Å². The van der Waals surface area contributed by atoms with Crippen LogP contribution in [0.1, 0.15) is 42.4 Å². The summed E-state index contributed by atoms with van der Waals surface area (Å²) in [5, 5.41) is 23.7. The Morgan fingerprint density at radius 1 is 1.33 bits per heavy atom. The number of benzene rings is 1. The molecule has 0 aliphatic carbocycles. The number of nitrogens with zero attached hydrogens (tertiary/aromatic N) is 1. The molecule has 2 aliphatic rings. The van der Waals surface area contributed by atoms with Crippen molar-refractivity contribution in [1.29, 1.82) is 5.26 Å². The number of aliphatic hydroxyl groups is 1. The summed E-state index contributed by atoms with van der Waals surface area (Å²) >= 11 is 0. The van der Waals surface area contributed by atoms with Crippen molar-refractivity contribution in [3.63, 3.8) is 0 Å². The molecule has 0 aromatic heterocycles. The molecule has 2 unspecified atom stereocenters. The lowest BCUT2D eigenvalue weighted by molar-refractivity contribution is -0.0116. The van der Waals surface area contributed by atoms with E-state index in [9.17, 15) is 10.4 Å². The molecule has 0 spiro atoms. The minimum Gasteiger partial charge on any atom is -0.385 e. The summed E-state index contributed by atoms with van der Waals surface area (Å²) in [6, 6.07) is 8.82. The second-order valence-corrected chi connectivity index (χ2v) is 5.74. The highest BCUT2D eigenvalue weighted by Crippen LogP contribution is 2.41. The van der Waals surface area contributed by atoms with Gasteiger partial charge < -0.3 is 10.4 Å². The van der Waals surface area contributed by atoms with E-state index in [1.165, 1.54) is 0 Å². The third kappa shape index (κ3) is 1.82. The molecule has 3 nitrogen and oxygen atoms in total. The second kappa shape index (κ2) is 4.08. The van der Waals surface area contributed by atoms with Crippen LogP contribution >= 0.6 is 0 Å². The van der Waals surface area contributed by atoms with Crippen molar-refractivity contribution in [3.05, 3.63) is 34.9 Å². The Bertz CT molecular complexity index is 506.